The normalized spacial score (nSPS) is 14.5. The fraction of sp³-hybridized carbons (Fsp3) is 0.389. The Bertz CT molecular complexity index is 760. The second kappa shape index (κ2) is 10.1. The smallest absolute Gasteiger partial charge is 0.271 e. The molecule has 0 spiro atoms. The van der Waals surface area contributed by atoms with Crippen molar-refractivity contribution in [3.8, 4) is 0 Å². The van der Waals surface area contributed by atoms with Gasteiger partial charge in [-0.05, 0) is 11.6 Å². The van der Waals surface area contributed by atoms with Crippen LogP contribution in [0.3, 0.4) is 0 Å². The van der Waals surface area contributed by atoms with Crippen LogP contribution in [0.5, 0.6) is 0 Å². The number of hydrogen-bond acceptors (Lipinski definition) is 5. The number of carbonyl (C=O) groups is 1. The highest BCUT2D eigenvalue weighted by molar-refractivity contribution is 5.91. The van der Waals surface area contributed by atoms with E-state index in [1.165, 1.54) is 16.8 Å². The molecule has 1 amide bonds. The number of amides is 1. The molecule has 1 fully saturated rings. The number of rotatable bonds is 6. The van der Waals surface area contributed by atoms with Crippen molar-refractivity contribution in [1.29, 1.82) is 0 Å². The molecule has 140 valence electrons. The van der Waals surface area contributed by atoms with Crippen molar-refractivity contribution in [2.45, 2.75) is 6.54 Å². The van der Waals surface area contributed by atoms with E-state index in [1.807, 2.05) is 30.3 Å². The number of piperazine rings is 1. The molecule has 0 unspecified atom stereocenters. The molecule has 0 saturated carbocycles. The zero-order valence-electron chi connectivity index (χ0n) is 14.6. The molecule has 8 heteroatoms. The van der Waals surface area contributed by atoms with Gasteiger partial charge in [0.1, 0.15) is 5.69 Å². The highest BCUT2D eigenvalue weighted by atomic mass is 35.5. The molecule has 7 nitrogen and oxygen atoms in total. The van der Waals surface area contributed by atoms with E-state index in [9.17, 15) is 9.59 Å². The lowest BCUT2D eigenvalue weighted by molar-refractivity contribution is 0.0940. The molecule has 3 rings (SSSR count). The van der Waals surface area contributed by atoms with Crippen molar-refractivity contribution in [3.63, 3.8) is 0 Å². The molecular weight excluding hydrogens is 354 g/mol. The van der Waals surface area contributed by atoms with Gasteiger partial charge in [-0.2, -0.15) is 5.10 Å². The summed E-state index contributed by atoms with van der Waals surface area (Å²) in [7, 11) is 0. The summed E-state index contributed by atoms with van der Waals surface area (Å²) >= 11 is 0. The zero-order chi connectivity index (χ0) is 17.5. The number of hydrogen-bond donors (Lipinski definition) is 2. The summed E-state index contributed by atoms with van der Waals surface area (Å²) in [5, 5.41) is 10.4. The van der Waals surface area contributed by atoms with Gasteiger partial charge in [0.25, 0.3) is 11.5 Å². The first kappa shape index (κ1) is 20.1. The molecule has 1 saturated heterocycles. The molecule has 1 aliphatic heterocycles. The summed E-state index contributed by atoms with van der Waals surface area (Å²) < 4.78 is 1.32. The van der Waals surface area contributed by atoms with E-state index in [2.05, 4.69) is 20.6 Å². The molecule has 2 N–H and O–H groups in total. The molecule has 1 aliphatic rings. The number of halogens is 1. The summed E-state index contributed by atoms with van der Waals surface area (Å²) in [5.41, 5.74) is 1.01. The summed E-state index contributed by atoms with van der Waals surface area (Å²) in [6.07, 6.45) is 0. The van der Waals surface area contributed by atoms with E-state index < -0.39 is 0 Å². The summed E-state index contributed by atoms with van der Waals surface area (Å²) in [6, 6.07) is 12.5. The van der Waals surface area contributed by atoms with Gasteiger partial charge in [0.2, 0.25) is 0 Å². The third-order valence-electron chi connectivity index (χ3n) is 4.20. The van der Waals surface area contributed by atoms with Crippen molar-refractivity contribution in [1.82, 2.24) is 25.3 Å². The number of aromatic nitrogens is 2. The van der Waals surface area contributed by atoms with Gasteiger partial charge < -0.3 is 10.6 Å². The Morgan fingerprint density at radius 3 is 2.58 bits per heavy atom. The van der Waals surface area contributed by atoms with Crippen LogP contribution in [0.25, 0.3) is 0 Å². The van der Waals surface area contributed by atoms with Crippen LogP contribution in [0.15, 0.2) is 47.3 Å². The van der Waals surface area contributed by atoms with E-state index in [1.54, 1.807) is 0 Å². The Morgan fingerprint density at radius 2 is 1.85 bits per heavy atom. The summed E-state index contributed by atoms with van der Waals surface area (Å²) in [5.74, 6) is -0.253. The fourth-order valence-corrected chi connectivity index (χ4v) is 2.79. The van der Waals surface area contributed by atoms with Crippen LogP contribution in [0.1, 0.15) is 16.1 Å². The molecule has 0 aliphatic carbocycles. The SMILES string of the molecule is Cl.O=C(NCCN1CCNCC1)c1ccc(=O)n(Cc2ccccc2)n1. The molecule has 26 heavy (non-hydrogen) atoms. The predicted octanol–water partition coefficient (Wildman–Crippen LogP) is 0.348. The molecule has 2 aromatic rings. The van der Waals surface area contributed by atoms with Gasteiger partial charge in [-0.25, -0.2) is 4.68 Å². The lowest BCUT2D eigenvalue weighted by Gasteiger charge is -2.27. The van der Waals surface area contributed by atoms with Crippen molar-refractivity contribution >= 4 is 18.3 Å². The highest BCUT2D eigenvalue weighted by Gasteiger charge is 2.12. The van der Waals surface area contributed by atoms with E-state index >= 15 is 0 Å². The van der Waals surface area contributed by atoms with Crippen LogP contribution in [-0.4, -0.2) is 59.9 Å². The van der Waals surface area contributed by atoms with E-state index in [0.29, 0.717) is 13.1 Å². The molecule has 0 bridgehead atoms. The first-order valence-electron chi connectivity index (χ1n) is 8.56. The van der Waals surface area contributed by atoms with Gasteiger partial charge >= 0.3 is 0 Å². The number of carbonyl (C=O) groups excluding carboxylic acids is 1. The Labute approximate surface area is 158 Å². The standard InChI is InChI=1S/C18H23N5O2.ClH/c24-17-7-6-16(21-23(17)14-15-4-2-1-3-5-15)18(25)20-10-13-22-11-8-19-9-12-22;/h1-7,19H,8-14H2,(H,20,25);1H. The van der Waals surface area contributed by atoms with Gasteiger partial charge in [-0.3, -0.25) is 14.5 Å². The second-order valence-electron chi connectivity index (χ2n) is 6.05. The fourth-order valence-electron chi connectivity index (χ4n) is 2.79. The van der Waals surface area contributed by atoms with Crippen molar-refractivity contribution in [2.75, 3.05) is 39.3 Å². The average molecular weight is 378 g/mol. The Kier molecular flexibility index (Phi) is 7.77. The Hall–Kier alpha value is -2.22. The van der Waals surface area contributed by atoms with Gasteiger partial charge in [0.15, 0.2) is 0 Å². The molecule has 1 aromatic carbocycles. The molecule has 2 heterocycles. The van der Waals surface area contributed by atoms with E-state index in [4.69, 9.17) is 0 Å². The maximum absolute atomic E-state index is 12.3. The van der Waals surface area contributed by atoms with Crippen molar-refractivity contribution < 1.29 is 4.79 Å². The minimum absolute atomic E-state index is 0. The van der Waals surface area contributed by atoms with Crippen molar-refractivity contribution in [2.24, 2.45) is 0 Å². The summed E-state index contributed by atoms with van der Waals surface area (Å²) in [4.78, 5) is 26.6. The monoisotopic (exact) mass is 377 g/mol. The summed E-state index contributed by atoms with van der Waals surface area (Å²) in [6.45, 7) is 5.70. The molecular formula is C18H24ClN5O2. The van der Waals surface area contributed by atoms with Gasteiger partial charge in [0.05, 0.1) is 6.54 Å². The average Bonchev–Trinajstić information content (AvgIpc) is 2.65. The van der Waals surface area contributed by atoms with E-state index in [0.717, 1.165) is 38.3 Å². The zero-order valence-corrected chi connectivity index (χ0v) is 15.4. The van der Waals surface area contributed by atoms with Crippen LogP contribution < -0.4 is 16.2 Å². The lowest BCUT2D eigenvalue weighted by atomic mass is 10.2. The first-order chi connectivity index (χ1) is 12.2. The largest absolute Gasteiger partial charge is 0.349 e. The Morgan fingerprint density at radius 1 is 1.12 bits per heavy atom. The topological polar surface area (TPSA) is 79.3 Å². The Balaban J connectivity index is 0.00000243. The number of nitrogens with zero attached hydrogens (tertiary/aromatic N) is 3. The second-order valence-corrected chi connectivity index (χ2v) is 6.05. The third kappa shape index (κ3) is 5.66. The van der Waals surface area contributed by atoms with Crippen LogP contribution in [0, 0.1) is 0 Å². The maximum Gasteiger partial charge on any atom is 0.271 e. The van der Waals surface area contributed by atoms with Crippen LogP contribution >= 0.6 is 12.4 Å². The van der Waals surface area contributed by atoms with Gasteiger partial charge in [-0.1, -0.05) is 30.3 Å². The predicted molar refractivity (Wildman–Crippen MR) is 103 cm³/mol. The first-order valence-corrected chi connectivity index (χ1v) is 8.56. The highest BCUT2D eigenvalue weighted by Crippen LogP contribution is 2.00. The van der Waals surface area contributed by atoms with Crippen molar-refractivity contribution in [3.05, 3.63) is 64.1 Å². The number of benzene rings is 1. The van der Waals surface area contributed by atoms with Gasteiger partial charge in [-0.15, -0.1) is 12.4 Å². The maximum atomic E-state index is 12.3. The molecule has 1 aromatic heterocycles. The molecule has 0 atom stereocenters. The van der Waals surface area contributed by atoms with Crippen LogP contribution in [0.4, 0.5) is 0 Å². The van der Waals surface area contributed by atoms with Crippen LogP contribution in [0.2, 0.25) is 0 Å². The van der Waals surface area contributed by atoms with Gasteiger partial charge in [0, 0.05) is 45.3 Å². The van der Waals surface area contributed by atoms with E-state index in [-0.39, 0.29) is 29.6 Å². The third-order valence-corrected chi connectivity index (χ3v) is 4.20. The minimum atomic E-state index is -0.253. The number of nitrogens with one attached hydrogen (secondary N) is 2. The lowest BCUT2D eigenvalue weighted by Crippen LogP contribution is -2.46. The van der Waals surface area contributed by atoms with Crippen LogP contribution in [-0.2, 0) is 6.54 Å². The minimum Gasteiger partial charge on any atom is -0.349 e. The molecule has 0 radical (unpaired) electrons. The quantitative estimate of drug-likeness (QED) is 0.759.